The Labute approximate surface area is 77.8 Å². The summed E-state index contributed by atoms with van der Waals surface area (Å²) in [5.41, 5.74) is 5.30. The van der Waals surface area contributed by atoms with Crippen molar-refractivity contribution in [3.05, 3.63) is 0 Å². The van der Waals surface area contributed by atoms with E-state index < -0.39 is 5.54 Å². The van der Waals surface area contributed by atoms with Gasteiger partial charge in [-0.15, -0.1) is 0 Å². The lowest BCUT2D eigenvalue weighted by atomic mass is 9.97. The Balaban J connectivity index is 2.08. The zero-order valence-electron chi connectivity index (χ0n) is 7.88. The van der Waals surface area contributed by atoms with Crippen LogP contribution in [0.5, 0.6) is 0 Å². The van der Waals surface area contributed by atoms with Crippen molar-refractivity contribution in [3.63, 3.8) is 0 Å². The molecule has 0 aromatic rings. The van der Waals surface area contributed by atoms with E-state index in [1.165, 1.54) is 7.11 Å². The summed E-state index contributed by atoms with van der Waals surface area (Å²) in [5, 5.41) is 3.31. The lowest BCUT2D eigenvalue weighted by Crippen LogP contribution is -2.47. The first-order valence-electron chi connectivity index (χ1n) is 4.74. The highest BCUT2D eigenvalue weighted by Gasteiger charge is 2.49. The number of carbonyl (C=O) groups is 1. The summed E-state index contributed by atoms with van der Waals surface area (Å²) in [4.78, 5) is 11.4. The Morgan fingerprint density at radius 3 is 2.46 bits per heavy atom. The van der Waals surface area contributed by atoms with Crippen LogP contribution in [0, 0.1) is 11.8 Å². The molecule has 4 heteroatoms. The predicted molar refractivity (Wildman–Crippen MR) is 48.0 cm³/mol. The Morgan fingerprint density at radius 1 is 1.46 bits per heavy atom. The number of ether oxygens (including phenoxy) is 1. The molecule has 1 aliphatic heterocycles. The third-order valence-electron chi connectivity index (χ3n) is 3.32. The van der Waals surface area contributed by atoms with Gasteiger partial charge in [0.25, 0.3) is 0 Å². The van der Waals surface area contributed by atoms with Gasteiger partial charge >= 0.3 is 5.97 Å². The van der Waals surface area contributed by atoms with E-state index in [1.54, 1.807) is 0 Å². The molecular weight excluding hydrogens is 168 g/mol. The van der Waals surface area contributed by atoms with Gasteiger partial charge < -0.3 is 15.8 Å². The van der Waals surface area contributed by atoms with Crippen molar-refractivity contribution in [2.45, 2.75) is 18.4 Å². The number of nitrogens with one attached hydrogen (secondary N) is 1. The molecule has 2 aliphatic rings. The normalized spacial score (nSPS) is 43.2. The van der Waals surface area contributed by atoms with Gasteiger partial charge in [-0.2, -0.15) is 0 Å². The summed E-state index contributed by atoms with van der Waals surface area (Å²) in [6.45, 7) is 2.00. The van der Waals surface area contributed by atoms with Gasteiger partial charge in [0.15, 0.2) is 0 Å². The molecule has 1 aliphatic carbocycles. The van der Waals surface area contributed by atoms with Crippen LogP contribution in [0.15, 0.2) is 0 Å². The fraction of sp³-hybridized carbons (Fsp3) is 0.889. The zero-order valence-corrected chi connectivity index (χ0v) is 7.88. The molecule has 1 saturated carbocycles. The van der Waals surface area contributed by atoms with E-state index >= 15 is 0 Å². The average molecular weight is 184 g/mol. The molecule has 74 valence electrons. The number of nitrogens with two attached hydrogens (primary N) is 1. The molecule has 2 unspecified atom stereocenters. The smallest absolute Gasteiger partial charge is 0.325 e. The van der Waals surface area contributed by atoms with Crippen LogP contribution in [0.25, 0.3) is 0 Å². The Hall–Kier alpha value is -0.610. The lowest BCUT2D eigenvalue weighted by molar-refractivity contribution is -0.147. The minimum atomic E-state index is -0.702. The van der Waals surface area contributed by atoms with E-state index in [0.717, 1.165) is 25.9 Å². The fourth-order valence-electron chi connectivity index (χ4n) is 2.65. The number of methoxy groups -OCH3 is 1. The summed E-state index contributed by atoms with van der Waals surface area (Å²) in [7, 11) is 1.41. The first-order valence-corrected chi connectivity index (χ1v) is 4.74. The van der Waals surface area contributed by atoms with Gasteiger partial charge in [-0.25, -0.2) is 0 Å². The topological polar surface area (TPSA) is 64.3 Å². The number of rotatable bonds is 1. The highest BCUT2D eigenvalue weighted by atomic mass is 16.5. The van der Waals surface area contributed by atoms with Crippen LogP contribution in [-0.2, 0) is 9.53 Å². The zero-order chi connectivity index (χ0) is 9.47. The number of fused-ring (bicyclic) bond motifs is 1. The number of hydrogen-bond donors (Lipinski definition) is 2. The van der Waals surface area contributed by atoms with Crippen molar-refractivity contribution < 1.29 is 9.53 Å². The third-order valence-corrected chi connectivity index (χ3v) is 3.32. The first-order chi connectivity index (χ1) is 6.15. The molecule has 4 nitrogen and oxygen atoms in total. The standard InChI is InChI=1S/C9H16N2O2/c1-13-8(12)9(10)2-6-4-11-5-7(6)3-9/h6-7,11H,2-5,10H2,1H3. The van der Waals surface area contributed by atoms with Crippen LogP contribution in [0.2, 0.25) is 0 Å². The van der Waals surface area contributed by atoms with E-state index in [4.69, 9.17) is 10.5 Å². The van der Waals surface area contributed by atoms with Gasteiger partial charge in [-0.05, 0) is 37.8 Å². The molecular formula is C9H16N2O2. The molecule has 0 spiro atoms. The lowest BCUT2D eigenvalue weighted by Gasteiger charge is -2.21. The number of carbonyl (C=O) groups excluding carboxylic acids is 1. The van der Waals surface area contributed by atoms with Crippen LogP contribution < -0.4 is 11.1 Å². The molecule has 0 radical (unpaired) electrons. The van der Waals surface area contributed by atoms with Crippen LogP contribution >= 0.6 is 0 Å². The second kappa shape index (κ2) is 2.96. The summed E-state index contributed by atoms with van der Waals surface area (Å²) >= 11 is 0. The van der Waals surface area contributed by atoms with Gasteiger partial charge in [0.2, 0.25) is 0 Å². The van der Waals surface area contributed by atoms with Crippen molar-refractivity contribution in [2.75, 3.05) is 20.2 Å². The van der Waals surface area contributed by atoms with Crippen molar-refractivity contribution in [3.8, 4) is 0 Å². The molecule has 1 heterocycles. The summed E-state index contributed by atoms with van der Waals surface area (Å²) in [6.07, 6.45) is 1.55. The number of hydrogen-bond acceptors (Lipinski definition) is 4. The van der Waals surface area contributed by atoms with E-state index in [1.807, 2.05) is 0 Å². The van der Waals surface area contributed by atoms with Gasteiger partial charge in [-0.1, -0.05) is 0 Å². The quantitative estimate of drug-likeness (QED) is 0.539. The largest absolute Gasteiger partial charge is 0.468 e. The highest BCUT2D eigenvalue weighted by molar-refractivity contribution is 5.81. The molecule has 1 saturated heterocycles. The summed E-state index contributed by atoms with van der Waals surface area (Å²) < 4.78 is 4.72. The predicted octanol–water partition coefficient (Wildman–Crippen LogP) is -0.514. The monoisotopic (exact) mass is 184 g/mol. The molecule has 2 fully saturated rings. The molecule has 0 aromatic carbocycles. The fourth-order valence-corrected chi connectivity index (χ4v) is 2.65. The second-order valence-electron chi connectivity index (χ2n) is 4.23. The Kier molecular flexibility index (Phi) is 2.04. The van der Waals surface area contributed by atoms with E-state index in [9.17, 15) is 4.79 Å². The summed E-state index contributed by atoms with van der Waals surface area (Å²) in [5.74, 6) is 0.898. The van der Waals surface area contributed by atoms with Crippen LogP contribution in [-0.4, -0.2) is 31.7 Å². The maximum atomic E-state index is 11.4. The van der Waals surface area contributed by atoms with Crippen molar-refractivity contribution in [1.82, 2.24) is 5.32 Å². The third kappa shape index (κ3) is 1.34. The Morgan fingerprint density at radius 2 is 2.00 bits per heavy atom. The molecule has 2 atom stereocenters. The first kappa shape index (κ1) is 8.97. The molecule has 0 aromatic heterocycles. The van der Waals surface area contributed by atoms with Gasteiger partial charge in [0.1, 0.15) is 5.54 Å². The molecule has 0 amide bonds. The van der Waals surface area contributed by atoms with E-state index in [0.29, 0.717) is 11.8 Å². The van der Waals surface area contributed by atoms with E-state index in [-0.39, 0.29) is 5.97 Å². The van der Waals surface area contributed by atoms with Gasteiger partial charge in [0, 0.05) is 0 Å². The van der Waals surface area contributed by atoms with E-state index in [2.05, 4.69) is 5.32 Å². The maximum Gasteiger partial charge on any atom is 0.325 e. The average Bonchev–Trinajstić information content (AvgIpc) is 2.61. The minimum absolute atomic E-state index is 0.248. The second-order valence-corrected chi connectivity index (χ2v) is 4.23. The van der Waals surface area contributed by atoms with Gasteiger partial charge in [0.05, 0.1) is 7.11 Å². The van der Waals surface area contributed by atoms with Crippen molar-refractivity contribution in [2.24, 2.45) is 17.6 Å². The maximum absolute atomic E-state index is 11.4. The number of esters is 1. The molecule has 2 rings (SSSR count). The van der Waals surface area contributed by atoms with Crippen molar-refractivity contribution in [1.29, 1.82) is 0 Å². The van der Waals surface area contributed by atoms with Gasteiger partial charge in [-0.3, -0.25) is 4.79 Å². The molecule has 3 N–H and O–H groups in total. The SMILES string of the molecule is COC(=O)C1(N)CC2CNCC2C1. The van der Waals surface area contributed by atoms with Crippen LogP contribution in [0.3, 0.4) is 0 Å². The Bertz CT molecular complexity index is 218. The highest BCUT2D eigenvalue weighted by Crippen LogP contribution is 2.40. The minimum Gasteiger partial charge on any atom is -0.468 e. The summed E-state index contributed by atoms with van der Waals surface area (Å²) in [6, 6.07) is 0. The van der Waals surface area contributed by atoms with Crippen LogP contribution in [0.1, 0.15) is 12.8 Å². The molecule has 13 heavy (non-hydrogen) atoms. The van der Waals surface area contributed by atoms with Crippen LogP contribution in [0.4, 0.5) is 0 Å². The van der Waals surface area contributed by atoms with Crippen molar-refractivity contribution >= 4 is 5.97 Å². The molecule has 0 bridgehead atoms.